The molecule has 1 aliphatic carbocycles. The zero-order valence-electron chi connectivity index (χ0n) is 10.5. The van der Waals surface area contributed by atoms with Gasteiger partial charge in [-0.2, -0.15) is 4.98 Å². The lowest BCUT2D eigenvalue weighted by Crippen LogP contribution is -2.05. The van der Waals surface area contributed by atoms with Gasteiger partial charge in [-0.3, -0.25) is 0 Å². The van der Waals surface area contributed by atoms with E-state index in [0.717, 1.165) is 18.4 Å². The zero-order valence-corrected chi connectivity index (χ0v) is 11.2. The Kier molecular flexibility index (Phi) is 3.16. The normalized spacial score (nSPS) is 16.5. The minimum atomic E-state index is -0.0813. The molecule has 1 aromatic heterocycles. The highest BCUT2D eigenvalue weighted by molar-refractivity contribution is 6.33. The van der Waals surface area contributed by atoms with Crippen molar-refractivity contribution in [3.63, 3.8) is 0 Å². The summed E-state index contributed by atoms with van der Waals surface area (Å²) < 4.78 is 10.7. The first-order valence-corrected chi connectivity index (χ1v) is 6.48. The Hall–Kier alpha value is -1.59. The van der Waals surface area contributed by atoms with Crippen molar-refractivity contribution < 1.29 is 9.26 Å². The number of ether oxygens (including phenoxy) is 1. The van der Waals surface area contributed by atoms with Gasteiger partial charge in [-0.25, -0.2) is 0 Å². The lowest BCUT2D eigenvalue weighted by Gasteiger charge is -2.08. The predicted octanol–water partition coefficient (Wildman–Crippen LogP) is 3.07. The maximum atomic E-state index is 5.88. The molecule has 3 rings (SSSR count). The summed E-state index contributed by atoms with van der Waals surface area (Å²) >= 11 is 5.88. The molecule has 1 aromatic carbocycles. The highest BCUT2D eigenvalue weighted by atomic mass is 35.5. The summed E-state index contributed by atoms with van der Waals surface area (Å²) in [6.45, 7) is 0. The number of nitrogens with zero attached hydrogens (tertiary/aromatic N) is 2. The number of aromatic nitrogens is 2. The van der Waals surface area contributed by atoms with Crippen molar-refractivity contribution in [3.05, 3.63) is 29.0 Å². The number of hydrogen-bond donors (Lipinski definition) is 1. The van der Waals surface area contributed by atoms with Gasteiger partial charge >= 0.3 is 0 Å². The van der Waals surface area contributed by atoms with Crippen molar-refractivity contribution in [3.8, 4) is 11.5 Å². The van der Waals surface area contributed by atoms with Gasteiger partial charge in [0.15, 0.2) is 0 Å². The minimum absolute atomic E-state index is 0.0813. The van der Waals surface area contributed by atoms with Crippen LogP contribution in [-0.2, 0) is 4.74 Å². The third-order valence-corrected chi connectivity index (χ3v) is 3.59. The van der Waals surface area contributed by atoms with E-state index < -0.39 is 0 Å². The van der Waals surface area contributed by atoms with E-state index in [9.17, 15) is 0 Å². The fourth-order valence-corrected chi connectivity index (χ4v) is 2.17. The van der Waals surface area contributed by atoms with Crippen molar-refractivity contribution in [2.45, 2.75) is 18.9 Å². The first-order chi connectivity index (χ1) is 9.19. The largest absolute Gasteiger partial charge is 0.398 e. The molecule has 0 bridgehead atoms. The molecule has 5 nitrogen and oxygen atoms in total. The van der Waals surface area contributed by atoms with E-state index in [0.29, 0.717) is 28.3 Å². The van der Waals surface area contributed by atoms with E-state index in [4.69, 9.17) is 26.6 Å². The van der Waals surface area contributed by atoms with Gasteiger partial charge < -0.3 is 15.0 Å². The third-order valence-electron chi connectivity index (χ3n) is 3.24. The molecule has 19 heavy (non-hydrogen) atoms. The molecule has 6 heteroatoms. The number of halogens is 1. The lowest BCUT2D eigenvalue weighted by atomic mass is 10.2. The fraction of sp³-hybridized carbons (Fsp3) is 0.385. The minimum Gasteiger partial charge on any atom is -0.398 e. The monoisotopic (exact) mass is 279 g/mol. The first kappa shape index (κ1) is 12.4. The van der Waals surface area contributed by atoms with Crippen LogP contribution < -0.4 is 5.73 Å². The van der Waals surface area contributed by atoms with Gasteiger partial charge in [0.2, 0.25) is 5.82 Å². The Morgan fingerprint density at radius 2 is 2.26 bits per heavy atom. The smallest absolute Gasteiger partial charge is 0.258 e. The molecular weight excluding hydrogens is 266 g/mol. The molecule has 2 N–H and O–H groups in total. The van der Waals surface area contributed by atoms with Gasteiger partial charge in [0.25, 0.3) is 5.89 Å². The lowest BCUT2D eigenvalue weighted by molar-refractivity contribution is 0.0751. The molecule has 0 spiro atoms. The number of hydrogen-bond acceptors (Lipinski definition) is 5. The van der Waals surface area contributed by atoms with Crippen LogP contribution in [-0.4, -0.2) is 17.3 Å². The molecule has 1 atom stereocenters. The van der Waals surface area contributed by atoms with Crippen LogP contribution in [0.25, 0.3) is 11.5 Å². The second-order valence-corrected chi connectivity index (χ2v) is 5.09. The zero-order chi connectivity index (χ0) is 13.4. The van der Waals surface area contributed by atoms with Crippen molar-refractivity contribution in [2.24, 2.45) is 5.92 Å². The van der Waals surface area contributed by atoms with Crippen molar-refractivity contribution >= 4 is 17.3 Å². The number of anilines is 1. The van der Waals surface area contributed by atoms with Gasteiger partial charge in [-0.1, -0.05) is 16.8 Å². The predicted molar refractivity (Wildman–Crippen MR) is 71.6 cm³/mol. The Morgan fingerprint density at radius 3 is 2.89 bits per heavy atom. The van der Waals surface area contributed by atoms with Crippen LogP contribution in [0.4, 0.5) is 5.69 Å². The van der Waals surface area contributed by atoms with E-state index in [-0.39, 0.29) is 6.10 Å². The third kappa shape index (κ3) is 2.43. The molecule has 0 radical (unpaired) electrons. The summed E-state index contributed by atoms with van der Waals surface area (Å²) in [6.07, 6.45) is 2.22. The van der Waals surface area contributed by atoms with E-state index >= 15 is 0 Å². The van der Waals surface area contributed by atoms with Crippen LogP contribution in [0.15, 0.2) is 22.7 Å². The SMILES string of the molecule is COC(c1noc(-c2ccc(Cl)c(N)c2)n1)C1CC1. The highest BCUT2D eigenvalue weighted by Gasteiger charge is 2.35. The Labute approximate surface area is 115 Å². The van der Waals surface area contributed by atoms with Crippen molar-refractivity contribution in [2.75, 3.05) is 12.8 Å². The van der Waals surface area contributed by atoms with Crippen LogP contribution in [0.2, 0.25) is 5.02 Å². The van der Waals surface area contributed by atoms with Crippen LogP contribution in [0.5, 0.6) is 0 Å². The fourth-order valence-electron chi connectivity index (χ4n) is 2.05. The number of rotatable bonds is 4. The molecule has 2 aromatic rings. The molecule has 100 valence electrons. The second kappa shape index (κ2) is 4.83. The molecule has 1 aliphatic rings. The van der Waals surface area contributed by atoms with Gasteiger partial charge in [0.05, 0.1) is 10.7 Å². The van der Waals surface area contributed by atoms with Gasteiger partial charge in [0.1, 0.15) is 6.10 Å². The Morgan fingerprint density at radius 1 is 1.47 bits per heavy atom. The van der Waals surface area contributed by atoms with Crippen molar-refractivity contribution in [1.29, 1.82) is 0 Å². The maximum Gasteiger partial charge on any atom is 0.258 e. The number of nitrogen functional groups attached to an aromatic ring is 1. The van der Waals surface area contributed by atoms with Crippen LogP contribution in [0, 0.1) is 5.92 Å². The number of benzene rings is 1. The quantitative estimate of drug-likeness (QED) is 0.871. The Bertz CT molecular complexity index is 595. The van der Waals surface area contributed by atoms with Crippen molar-refractivity contribution in [1.82, 2.24) is 10.1 Å². The molecule has 0 saturated heterocycles. The summed E-state index contributed by atoms with van der Waals surface area (Å²) in [5.41, 5.74) is 7.01. The van der Waals surface area contributed by atoms with Crippen LogP contribution in [0.3, 0.4) is 0 Å². The summed E-state index contributed by atoms with van der Waals surface area (Å²) in [4.78, 5) is 4.38. The molecule has 0 amide bonds. The maximum absolute atomic E-state index is 5.88. The number of methoxy groups -OCH3 is 1. The summed E-state index contributed by atoms with van der Waals surface area (Å²) in [5, 5.41) is 4.50. The topological polar surface area (TPSA) is 74.2 Å². The average molecular weight is 280 g/mol. The highest BCUT2D eigenvalue weighted by Crippen LogP contribution is 2.42. The number of nitrogens with two attached hydrogens (primary N) is 1. The standard InChI is InChI=1S/C13H14ClN3O2/c1-18-11(7-2-3-7)12-16-13(19-17-12)8-4-5-9(14)10(15)6-8/h4-7,11H,2-3,15H2,1H3. The summed E-state index contributed by atoms with van der Waals surface area (Å²) in [6, 6.07) is 5.23. The molecule has 1 saturated carbocycles. The average Bonchev–Trinajstić information content (AvgIpc) is 3.11. The molecule has 1 fully saturated rings. The summed E-state index contributed by atoms with van der Waals surface area (Å²) in [5.74, 6) is 1.53. The molecule has 1 heterocycles. The van der Waals surface area contributed by atoms with Gasteiger partial charge in [-0.15, -0.1) is 0 Å². The van der Waals surface area contributed by atoms with Gasteiger partial charge in [-0.05, 0) is 37.0 Å². The van der Waals surface area contributed by atoms with E-state index in [1.165, 1.54) is 0 Å². The van der Waals surface area contributed by atoms with Gasteiger partial charge in [0, 0.05) is 12.7 Å². The molecule has 1 unspecified atom stereocenters. The Balaban J connectivity index is 1.89. The van der Waals surface area contributed by atoms with E-state index in [2.05, 4.69) is 10.1 Å². The second-order valence-electron chi connectivity index (χ2n) is 4.69. The molecular formula is C13H14ClN3O2. The van der Waals surface area contributed by atoms with E-state index in [1.54, 1.807) is 25.3 Å². The first-order valence-electron chi connectivity index (χ1n) is 6.11. The summed E-state index contributed by atoms with van der Waals surface area (Å²) in [7, 11) is 1.67. The van der Waals surface area contributed by atoms with Crippen LogP contribution in [0.1, 0.15) is 24.8 Å². The molecule has 0 aliphatic heterocycles. The van der Waals surface area contributed by atoms with Crippen LogP contribution >= 0.6 is 11.6 Å². The van der Waals surface area contributed by atoms with E-state index in [1.807, 2.05) is 0 Å².